The van der Waals surface area contributed by atoms with Gasteiger partial charge in [0, 0.05) is 14.5 Å². The van der Waals surface area contributed by atoms with Crippen LogP contribution in [0.2, 0.25) is 0 Å². The van der Waals surface area contributed by atoms with Crippen LogP contribution in [-0.2, 0) is 0 Å². The van der Waals surface area contributed by atoms with Gasteiger partial charge >= 0.3 is 0 Å². The van der Waals surface area contributed by atoms with Gasteiger partial charge in [-0.3, -0.25) is 0 Å². The Morgan fingerprint density at radius 1 is 0.500 bits per heavy atom. The molecule has 5 aromatic rings. The van der Waals surface area contributed by atoms with Crippen LogP contribution in [0.3, 0.4) is 0 Å². The van der Waals surface area contributed by atoms with Crippen LogP contribution in [0.15, 0.2) is 106 Å². The highest BCUT2D eigenvalue weighted by Gasteiger charge is 2.14. The maximum atomic E-state index is 3.83. The molecule has 134 valence electrons. The molecule has 0 amide bonds. The number of benzene rings is 5. The highest BCUT2D eigenvalue weighted by Crippen LogP contribution is 2.41. The summed E-state index contributed by atoms with van der Waals surface area (Å²) < 4.78 is 2.21. The van der Waals surface area contributed by atoms with Gasteiger partial charge in [0.25, 0.3) is 0 Å². The molecule has 0 aromatic heterocycles. The Balaban J connectivity index is 1.85. The fourth-order valence-corrected chi connectivity index (χ4v) is 4.80. The van der Waals surface area contributed by atoms with E-state index >= 15 is 0 Å². The van der Waals surface area contributed by atoms with Crippen molar-refractivity contribution in [1.29, 1.82) is 0 Å². The maximum Gasteiger partial charge on any atom is 0.0260 e. The van der Waals surface area contributed by atoms with Gasteiger partial charge in [0.1, 0.15) is 0 Å². The molecule has 0 spiro atoms. The molecule has 0 saturated heterocycles. The molecular weight excluding hydrogens is 472 g/mol. The van der Waals surface area contributed by atoms with E-state index < -0.39 is 0 Å². The van der Waals surface area contributed by atoms with E-state index in [4.69, 9.17) is 0 Å². The molecule has 5 aromatic carbocycles. The highest BCUT2D eigenvalue weighted by molar-refractivity contribution is 9.10. The van der Waals surface area contributed by atoms with E-state index in [-0.39, 0.29) is 0 Å². The fourth-order valence-electron chi connectivity index (χ4n) is 3.86. The van der Waals surface area contributed by atoms with Crippen molar-refractivity contribution in [3.8, 4) is 22.3 Å². The lowest BCUT2D eigenvalue weighted by atomic mass is 9.90. The van der Waals surface area contributed by atoms with Crippen LogP contribution < -0.4 is 0 Å². The quantitative estimate of drug-likeness (QED) is 0.218. The standard InChI is InChI=1S/C26H16Br2/c27-21-12-10-18-16-24-19(14-20(18)15-21)11-13-25(28)26(24)23-9-5-4-8-22(23)17-6-2-1-3-7-17/h1-16H. The molecule has 5 rings (SSSR count). The second-order valence-electron chi connectivity index (χ2n) is 6.90. The Bertz CT molecular complexity index is 1320. The van der Waals surface area contributed by atoms with E-state index in [2.05, 4.69) is 129 Å². The van der Waals surface area contributed by atoms with Gasteiger partial charge in [0.2, 0.25) is 0 Å². The molecule has 0 saturated carbocycles. The second-order valence-corrected chi connectivity index (χ2v) is 8.67. The number of hydrogen-bond donors (Lipinski definition) is 0. The summed E-state index contributed by atoms with van der Waals surface area (Å²) in [6.07, 6.45) is 0. The lowest BCUT2D eigenvalue weighted by molar-refractivity contribution is 1.59. The molecule has 0 aliphatic heterocycles. The molecule has 0 unspecified atom stereocenters. The molecular formula is C26H16Br2. The van der Waals surface area contributed by atoms with E-state index in [0.29, 0.717) is 0 Å². The zero-order chi connectivity index (χ0) is 19.1. The summed E-state index contributed by atoms with van der Waals surface area (Å²) in [7, 11) is 0. The topological polar surface area (TPSA) is 0 Å². The first-order chi connectivity index (χ1) is 13.7. The van der Waals surface area contributed by atoms with Gasteiger partial charge in [-0.25, -0.2) is 0 Å². The van der Waals surface area contributed by atoms with Crippen molar-refractivity contribution >= 4 is 53.4 Å². The predicted octanol–water partition coefficient (Wildman–Crippen LogP) is 8.85. The molecule has 0 nitrogen and oxygen atoms in total. The van der Waals surface area contributed by atoms with E-state index in [0.717, 1.165) is 8.95 Å². The summed E-state index contributed by atoms with van der Waals surface area (Å²) in [4.78, 5) is 0. The van der Waals surface area contributed by atoms with Gasteiger partial charge in [-0.1, -0.05) is 98.6 Å². The Morgan fingerprint density at radius 2 is 1.21 bits per heavy atom. The van der Waals surface area contributed by atoms with E-state index in [1.165, 1.54) is 43.8 Å². The van der Waals surface area contributed by atoms with E-state index in [1.807, 2.05) is 0 Å². The molecule has 0 fully saturated rings. The van der Waals surface area contributed by atoms with Gasteiger partial charge in [0.15, 0.2) is 0 Å². The molecule has 2 heteroatoms. The summed E-state index contributed by atoms with van der Waals surface area (Å²) in [6, 6.07) is 34.6. The van der Waals surface area contributed by atoms with Gasteiger partial charge in [-0.2, -0.15) is 0 Å². The lowest BCUT2D eigenvalue weighted by Gasteiger charge is -2.15. The van der Waals surface area contributed by atoms with Crippen molar-refractivity contribution in [2.24, 2.45) is 0 Å². The van der Waals surface area contributed by atoms with Crippen LogP contribution in [0.1, 0.15) is 0 Å². The Labute approximate surface area is 181 Å². The molecule has 0 bridgehead atoms. The van der Waals surface area contributed by atoms with Crippen molar-refractivity contribution in [2.45, 2.75) is 0 Å². The van der Waals surface area contributed by atoms with Crippen LogP contribution in [0.4, 0.5) is 0 Å². The third-order valence-corrected chi connectivity index (χ3v) is 6.32. The first-order valence-electron chi connectivity index (χ1n) is 9.17. The van der Waals surface area contributed by atoms with E-state index in [1.54, 1.807) is 0 Å². The zero-order valence-corrected chi connectivity index (χ0v) is 18.2. The molecule has 0 aliphatic carbocycles. The van der Waals surface area contributed by atoms with Crippen LogP contribution >= 0.6 is 31.9 Å². The molecule has 0 atom stereocenters. The normalized spacial score (nSPS) is 11.2. The molecule has 28 heavy (non-hydrogen) atoms. The molecule has 0 N–H and O–H groups in total. The largest absolute Gasteiger partial charge is 0.0622 e. The predicted molar refractivity (Wildman–Crippen MR) is 128 cm³/mol. The summed E-state index contributed by atoms with van der Waals surface area (Å²) in [5.74, 6) is 0. The number of hydrogen-bond acceptors (Lipinski definition) is 0. The molecule has 0 radical (unpaired) electrons. The van der Waals surface area contributed by atoms with Gasteiger partial charge in [-0.15, -0.1) is 0 Å². The smallest absolute Gasteiger partial charge is 0.0260 e. The maximum absolute atomic E-state index is 3.83. The number of halogens is 2. The summed E-state index contributed by atoms with van der Waals surface area (Å²) in [5, 5.41) is 4.98. The van der Waals surface area contributed by atoms with Gasteiger partial charge in [0.05, 0.1) is 0 Å². The van der Waals surface area contributed by atoms with E-state index in [9.17, 15) is 0 Å². The fraction of sp³-hybridized carbons (Fsp3) is 0. The molecule has 0 heterocycles. The second kappa shape index (κ2) is 7.20. The zero-order valence-electron chi connectivity index (χ0n) is 15.0. The summed E-state index contributed by atoms with van der Waals surface area (Å²) >= 11 is 7.42. The van der Waals surface area contributed by atoms with Crippen LogP contribution in [0, 0.1) is 0 Å². The lowest BCUT2D eigenvalue weighted by Crippen LogP contribution is -1.89. The monoisotopic (exact) mass is 486 g/mol. The highest BCUT2D eigenvalue weighted by atomic mass is 79.9. The minimum absolute atomic E-state index is 1.10. The SMILES string of the molecule is Brc1ccc2cc3c(-c4ccccc4-c4ccccc4)c(Br)ccc3cc2c1. The average Bonchev–Trinajstić information content (AvgIpc) is 2.73. The Kier molecular flexibility index (Phi) is 4.54. The van der Waals surface area contributed by atoms with Gasteiger partial charge in [-0.05, 0) is 68.6 Å². The number of fused-ring (bicyclic) bond motifs is 2. The van der Waals surface area contributed by atoms with Crippen molar-refractivity contribution in [2.75, 3.05) is 0 Å². The van der Waals surface area contributed by atoms with Crippen molar-refractivity contribution < 1.29 is 0 Å². The number of rotatable bonds is 2. The molecule has 0 aliphatic rings. The van der Waals surface area contributed by atoms with Crippen LogP contribution in [0.25, 0.3) is 43.8 Å². The van der Waals surface area contributed by atoms with Crippen LogP contribution in [-0.4, -0.2) is 0 Å². The van der Waals surface area contributed by atoms with Crippen LogP contribution in [0.5, 0.6) is 0 Å². The first-order valence-corrected chi connectivity index (χ1v) is 10.8. The summed E-state index contributed by atoms with van der Waals surface area (Å²) in [5.41, 5.74) is 4.95. The Morgan fingerprint density at radius 3 is 2.04 bits per heavy atom. The minimum Gasteiger partial charge on any atom is -0.0622 e. The first kappa shape index (κ1) is 17.7. The minimum atomic E-state index is 1.10. The summed E-state index contributed by atoms with van der Waals surface area (Å²) in [6.45, 7) is 0. The third kappa shape index (κ3) is 3.07. The Hall–Kier alpha value is -2.42. The van der Waals surface area contributed by atoms with Crippen molar-refractivity contribution in [1.82, 2.24) is 0 Å². The third-order valence-electron chi connectivity index (χ3n) is 5.17. The average molecular weight is 488 g/mol. The van der Waals surface area contributed by atoms with Crippen molar-refractivity contribution in [3.63, 3.8) is 0 Å². The van der Waals surface area contributed by atoms with Crippen molar-refractivity contribution in [3.05, 3.63) is 106 Å². The van der Waals surface area contributed by atoms with Gasteiger partial charge < -0.3 is 0 Å².